The number of hydrogen-bond acceptors (Lipinski definition) is 4. The molecule has 2 aromatic rings. The SMILES string of the molecule is CC(C)OC=O.CNc1ccccc1C1=CC(C)=CN(C(=O)c2ccccc2Cl)CC1(C)C. The Hall–Kier alpha value is -3.05. The molecule has 2 aromatic carbocycles. The lowest BCUT2D eigenvalue weighted by Crippen LogP contribution is -2.35. The summed E-state index contributed by atoms with van der Waals surface area (Å²) >= 11 is 6.26. The molecule has 33 heavy (non-hydrogen) atoms. The van der Waals surface area contributed by atoms with Crippen molar-refractivity contribution in [3.63, 3.8) is 0 Å². The molecule has 0 aliphatic carbocycles. The standard InChI is InChI=1S/C23H25ClN2O.C4H8O2/c1-16-13-19(17-9-6-8-12-21(17)25-4)23(2,3)15-26(14-16)22(27)18-10-5-7-11-20(18)24;1-4(2)6-3-5/h5-14,25H,15H2,1-4H3;3-4H,1-2H3. The second-order valence-electron chi connectivity index (χ2n) is 8.80. The molecule has 3 rings (SSSR count). The van der Waals surface area contributed by atoms with Crippen molar-refractivity contribution in [2.45, 2.75) is 40.7 Å². The first-order valence-corrected chi connectivity index (χ1v) is 11.3. The van der Waals surface area contributed by atoms with Crippen molar-refractivity contribution in [2.75, 3.05) is 18.9 Å². The van der Waals surface area contributed by atoms with E-state index in [4.69, 9.17) is 11.6 Å². The normalized spacial score (nSPS) is 14.8. The topological polar surface area (TPSA) is 58.6 Å². The number of anilines is 1. The van der Waals surface area contributed by atoms with Gasteiger partial charge < -0.3 is 15.0 Å². The molecule has 1 amide bonds. The average molecular weight is 469 g/mol. The van der Waals surface area contributed by atoms with E-state index in [0.29, 0.717) is 23.6 Å². The molecule has 0 saturated heterocycles. The third-order valence-corrected chi connectivity index (χ3v) is 5.54. The number of carbonyl (C=O) groups excluding carboxylic acids is 2. The van der Waals surface area contributed by atoms with Crippen molar-refractivity contribution in [3.05, 3.63) is 82.5 Å². The molecule has 0 spiro atoms. The van der Waals surface area contributed by atoms with E-state index in [-0.39, 0.29) is 17.4 Å². The first-order valence-electron chi connectivity index (χ1n) is 10.9. The van der Waals surface area contributed by atoms with Gasteiger partial charge in [0.1, 0.15) is 0 Å². The maximum atomic E-state index is 13.1. The smallest absolute Gasteiger partial charge is 0.293 e. The van der Waals surface area contributed by atoms with Crippen LogP contribution in [0.25, 0.3) is 5.57 Å². The Morgan fingerprint density at radius 3 is 2.36 bits per heavy atom. The summed E-state index contributed by atoms with van der Waals surface area (Å²) < 4.78 is 4.36. The van der Waals surface area contributed by atoms with E-state index in [9.17, 15) is 9.59 Å². The lowest BCUT2D eigenvalue weighted by molar-refractivity contribution is -0.131. The summed E-state index contributed by atoms with van der Waals surface area (Å²) in [5, 5.41) is 3.75. The summed E-state index contributed by atoms with van der Waals surface area (Å²) in [5.74, 6) is -0.0791. The van der Waals surface area contributed by atoms with Crippen LogP contribution in [0.15, 0.2) is 66.4 Å². The summed E-state index contributed by atoms with van der Waals surface area (Å²) in [5.41, 5.74) is 4.76. The summed E-state index contributed by atoms with van der Waals surface area (Å²) in [6.07, 6.45) is 4.13. The number of amides is 1. The number of benzene rings is 2. The molecule has 1 heterocycles. The highest BCUT2D eigenvalue weighted by atomic mass is 35.5. The fourth-order valence-electron chi connectivity index (χ4n) is 3.67. The number of nitrogens with zero attached hydrogens (tertiary/aromatic N) is 1. The number of halogens is 1. The van der Waals surface area contributed by atoms with Gasteiger partial charge in [-0.3, -0.25) is 9.59 Å². The molecule has 0 fully saturated rings. The van der Waals surface area contributed by atoms with Gasteiger partial charge in [0.25, 0.3) is 12.4 Å². The number of allylic oxidation sites excluding steroid dienone is 2. The molecular formula is C27H33ClN2O3. The van der Waals surface area contributed by atoms with E-state index >= 15 is 0 Å². The fourth-order valence-corrected chi connectivity index (χ4v) is 3.89. The third kappa shape index (κ3) is 6.96. The molecule has 0 unspecified atom stereocenters. The largest absolute Gasteiger partial charge is 0.465 e. The second kappa shape index (κ2) is 11.7. The Labute approximate surface area is 202 Å². The van der Waals surface area contributed by atoms with E-state index in [1.54, 1.807) is 30.9 Å². The molecule has 0 radical (unpaired) electrons. The Morgan fingerprint density at radius 2 is 1.79 bits per heavy atom. The predicted octanol–water partition coefficient (Wildman–Crippen LogP) is 6.42. The number of para-hydroxylation sites is 1. The van der Waals surface area contributed by atoms with E-state index in [2.05, 4.69) is 42.1 Å². The first-order chi connectivity index (χ1) is 15.6. The molecule has 0 bridgehead atoms. The molecule has 1 aliphatic heterocycles. The second-order valence-corrected chi connectivity index (χ2v) is 9.21. The summed E-state index contributed by atoms with van der Waals surface area (Å²) in [6, 6.07) is 15.5. The minimum Gasteiger partial charge on any atom is -0.465 e. The predicted molar refractivity (Wildman–Crippen MR) is 136 cm³/mol. The Balaban J connectivity index is 0.000000569. The highest BCUT2D eigenvalue weighted by Gasteiger charge is 2.32. The van der Waals surface area contributed by atoms with Gasteiger partial charge in [-0.25, -0.2) is 0 Å². The van der Waals surface area contributed by atoms with Gasteiger partial charge in [-0.15, -0.1) is 0 Å². The lowest BCUT2D eigenvalue weighted by atomic mass is 9.79. The maximum absolute atomic E-state index is 13.1. The van der Waals surface area contributed by atoms with Crippen LogP contribution in [0.3, 0.4) is 0 Å². The van der Waals surface area contributed by atoms with E-state index in [1.807, 2.05) is 44.4 Å². The van der Waals surface area contributed by atoms with Crippen LogP contribution in [-0.4, -0.2) is 37.0 Å². The number of ether oxygens (including phenoxy) is 1. The first kappa shape index (κ1) is 26.2. The molecule has 6 heteroatoms. The van der Waals surface area contributed by atoms with Crippen molar-refractivity contribution in [1.82, 2.24) is 4.90 Å². The third-order valence-electron chi connectivity index (χ3n) is 5.21. The Kier molecular flexibility index (Phi) is 9.30. The van der Waals surface area contributed by atoms with Crippen LogP contribution in [0.1, 0.15) is 50.5 Å². The van der Waals surface area contributed by atoms with Crippen LogP contribution in [-0.2, 0) is 9.53 Å². The number of nitrogens with one attached hydrogen (secondary N) is 1. The summed E-state index contributed by atoms with van der Waals surface area (Å²) in [7, 11) is 1.93. The Morgan fingerprint density at radius 1 is 1.15 bits per heavy atom. The van der Waals surface area contributed by atoms with E-state index < -0.39 is 0 Å². The minimum atomic E-state index is -0.238. The van der Waals surface area contributed by atoms with Crippen LogP contribution in [0.5, 0.6) is 0 Å². The molecule has 1 aliphatic rings. The zero-order chi connectivity index (χ0) is 24.6. The van der Waals surface area contributed by atoms with E-state index in [0.717, 1.165) is 16.8 Å². The van der Waals surface area contributed by atoms with Crippen molar-refractivity contribution in [2.24, 2.45) is 5.41 Å². The van der Waals surface area contributed by atoms with Crippen molar-refractivity contribution < 1.29 is 14.3 Å². The quantitative estimate of drug-likeness (QED) is 0.514. The Bertz CT molecular complexity index is 1040. The minimum absolute atomic E-state index is 0.0301. The van der Waals surface area contributed by atoms with E-state index in [1.165, 1.54) is 5.57 Å². The molecule has 0 saturated carbocycles. The molecule has 1 N–H and O–H groups in total. The van der Waals surface area contributed by atoms with Gasteiger partial charge in [0.2, 0.25) is 0 Å². The molecule has 5 nitrogen and oxygen atoms in total. The molecule has 0 aromatic heterocycles. The summed E-state index contributed by atoms with van der Waals surface area (Å²) in [4.78, 5) is 24.3. The van der Waals surface area contributed by atoms with Crippen LogP contribution < -0.4 is 5.32 Å². The zero-order valence-corrected chi connectivity index (χ0v) is 20.9. The van der Waals surface area contributed by atoms with Gasteiger partial charge in [-0.2, -0.15) is 0 Å². The van der Waals surface area contributed by atoms with Crippen LogP contribution >= 0.6 is 11.6 Å². The molecular weight excluding hydrogens is 436 g/mol. The highest BCUT2D eigenvalue weighted by molar-refractivity contribution is 6.33. The fraction of sp³-hybridized carbons (Fsp3) is 0.333. The van der Waals surface area contributed by atoms with Crippen LogP contribution in [0.2, 0.25) is 5.02 Å². The maximum Gasteiger partial charge on any atom is 0.293 e. The van der Waals surface area contributed by atoms with Gasteiger partial charge in [0.15, 0.2) is 0 Å². The average Bonchev–Trinajstić information content (AvgIpc) is 2.88. The van der Waals surface area contributed by atoms with Gasteiger partial charge in [0, 0.05) is 36.5 Å². The molecule has 176 valence electrons. The summed E-state index contributed by atoms with van der Waals surface area (Å²) in [6.45, 7) is 11.0. The van der Waals surface area contributed by atoms with Crippen LogP contribution in [0.4, 0.5) is 5.69 Å². The number of rotatable bonds is 5. The van der Waals surface area contributed by atoms with Gasteiger partial charge in [-0.1, -0.05) is 61.9 Å². The van der Waals surface area contributed by atoms with Crippen molar-refractivity contribution in [1.29, 1.82) is 0 Å². The number of hydrogen-bond donors (Lipinski definition) is 1. The zero-order valence-electron chi connectivity index (χ0n) is 20.2. The van der Waals surface area contributed by atoms with Gasteiger partial charge in [0.05, 0.1) is 16.7 Å². The van der Waals surface area contributed by atoms with Crippen LogP contribution in [0, 0.1) is 5.41 Å². The highest BCUT2D eigenvalue weighted by Crippen LogP contribution is 2.41. The monoisotopic (exact) mass is 468 g/mol. The van der Waals surface area contributed by atoms with Gasteiger partial charge in [-0.05, 0) is 50.1 Å². The number of carbonyl (C=O) groups is 2. The molecule has 0 atom stereocenters. The van der Waals surface area contributed by atoms with Gasteiger partial charge >= 0.3 is 0 Å². The van der Waals surface area contributed by atoms with Crippen molar-refractivity contribution >= 4 is 35.2 Å². The van der Waals surface area contributed by atoms with Crippen molar-refractivity contribution in [3.8, 4) is 0 Å². The lowest BCUT2D eigenvalue weighted by Gasteiger charge is -2.32.